The molecule has 0 bridgehead atoms. The second-order valence-corrected chi connectivity index (χ2v) is 4.95. The van der Waals surface area contributed by atoms with Gasteiger partial charge in [0.15, 0.2) is 0 Å². The van der Waals surface area contributed by atoms with Crippen molar-refractivity contribution in [3.05, 3.63) is 0 Å². The number of Topliss-reactive ketones (excluding diaryl/α,β-unsaturated/α-hetero) is 1. The summed E-state index contributed by atoms with van der Waals surface area (Å²) in [4.78, 5) is 11.2. The maximum atomic E-state index is 11.2. The topological polar surface area (TPSA) is 57.5 Å². The molecule has 0 saturated heterocycles. The molecule has 0 fully saturated rings. The molecular weight excluding hydrogens is 200 g/mol. The Hall–Kier alpha value is -0.0600. The van der Waals surface area contributed by atoms with Crippen LogP contribution in [0.4, 0.5) is 0 Å². The van der Waals surface area contributed by atoms with Crippen LogP contribution in [0, 0.1) is 5.92 Å². The first-order chi connectivity index (χ1) is 6.56. The third kappa shape index (κ3) is 8.53. The molecule has 0 rings (SSSR count). The molecule has 1 atom stereocenters. The van der Waals surface area contributed by atoms with Crippen LogP contribution in [0.5, 0.6) is 0 Å². The van der Waals surface area contributed by atoms with Crippen LogP contribution in [0.3, 0.4) is 0 Å². The Morgan fingerprint density at radius 3 is 2.57 bits per heavy atom. The molecule has 0 aromatic heterocycles. The van der Waals surface area contributed by atoms with Crippen molar-refractivity contribution in [2.75, 3.05) is 18.1 Å². The molecule has 0 aromatic carbocycles. The number of thioether (sulfide) groups is 1. The molecule has 0 aliphatic heterocycles. The zero-order valence-corrected chi connectivity index (χ0v) is 9.72. The van der Waals surface area contributed by atoms with E-state index in [9.17, 15) is 4.79 Å². The summed E-state index contributed by atoms with van der Waals surface area (Å²) in [6, 6.07) is 0. The molecular formula is C10H20O3S. The lowest BCUT2D eigenvalue weighted by molar-refractivity contribution is -0.119. The molecule has 0 aromatic rings. The SMILES string of the molecule is CC(C)CC(=O)CCSCC(O)CO. The summed E-state index contributed by atoms with van der Waals surface area (Å²) in [5.74, 6) is 1.95. The minimum atomic E-state index is -0.653. The maximum Gasteiger partial charge on any atom is 0.133 e. The standard InChI is InChI=1S/C10H20O3S/c1-8(2)5-9(12)3-4-14-7-10(13)6-11/h8,10-11,13H,3-7H2,1-2H3. The van der Waals surface area contributed by atoms with Crippen molar-refractivity contribution in [1.29, 1.82) is 0 Å². The first-order valence-corrected chi connectivity index (χ1v) is 6.10. The summed E-state index contributed by atoms with van der Waals surface area (Å²) < 4.78 is 0. The van der Waals surface area contributed by atoms with Gasteiger partial charge in [-0.1, -0.05) is 13.8 Å². The minimum absolute atomic E-state index is 0.201. The van der Waals surface area contributed by atoms with Gasteiger partial charge in [-0.2, -0.15) is 11.8 Å². The van der Waals surface area contributed by atoms with E-state index < -0.39 is 6.10 Å². The van der Waals surface area contributed by atoms with Crippen molar-refractivity contribution in [3.63, 3.8) is 0 Å². The first kappa shape index (κ1) is 13.9. The van der Waals surface area contributed by atoms with E-state index in [1.54, 1.807) is 0 Å². The molecule has 1 unspecified atom stereocenters. The normalized spacial score (nSPS) is 13.2. The summed E-state index contributed by atoms with van der Waals surface area (Å²) >= 11 is 1.51. The number of rotatable bonds is 8. The lowest BCUT2D eigenvalue weighted by atomic mass is 10.1. The molecule has 0 radical (unpaired) electrons. The van der Waals surface area contributed by atoms with E-state index >= 15 is 0 Å². The Bertz CT molecular complexity index is 159. The lowest BCUT2D eigenvalue weighted by Gasteiger charge is -2.06. The molecule has 4 heteroatoms. The number of hydrogen-bond acceptors (Lipinski definition) is 4. The van der Waals surface area contributed by atoms with Gasteiger partial charge in [0.25, 0.3) is 0 Å². The summed E-state index contributed by atoms with van der Waals surface area (Å²) in [6.07, 6.45) is 0.560. The third-order valence-corrected chi connectivity index (χ3v) is 2.80. The van der Waals surface area contributed by atoms with Crippen molar-refractivity contribution in [2.45, 2.75) is 32.8 Å². The average molecular weight is 220 g/mol. The van der Waals surface area contributed by atoms with Gasteiger partial charge in [-0.3, -0.25) is 4.79 Å². The van der Waals surface area contributed by atoms with Gasteiger partial charge in [0, 0.05) is 24.3 Å². The molecule has 0 heterocycles. The Morgan fingerprint density at radius 1 is 1.43 bits per heavy atom. The van der Waals surface area contributed by atoms with Crippen LogP contribution in [-0.2, 0) is 4.79 Å². The molecule has 0 aliphatic carbocycles. The Kier molecular flexibility index (Phi) is 8.23. The van der Waals surface area contributed by atoms with Crippen LogP contribution in [0.2, 0.25) is 0 Å². The van der Waals surface area contributed by atoms with Crippen LogP contribution in [0.1, 0.15) is 26.7 Å². The minimum Gasteiger partial charge on any atom is -0.394 e. The maximum absolute atomic E-state index is 11.2. The fraction of sp³-hybridized carbons (Fsp3) is 0.900. The van der Waals surface area contributed by atoms with Gasteiger partial charge in [-0.05, 0) is 5.92 Å². The summed E-state index contributed by atoms with van der Waals surface area (Å²) in [5.41, 5.74) is 0. The van der Waals surface area contributed by atoms with Gasteiger partial charge in [-0.15, -0.1) is 0 Å². The van der Waals surface area contributed by atoms with E-state index in [-0.39, 0.29) is 12.4 Å². The molecule has 0 spiro atoms. The predicted octanol–water partition coefficient (Wildman–Crippen LogP) is 1.08. The quantitative estimate of drug-likeness (QED) is 0.601. The zero-order chi connectivity index (χ0) is 11.0. The van der Waals surface area contributed by atoms with Crippen LogP contribution >= 0.6 is 11.8 Å². The van der Waals surface area contributed by atoms with Crippen LogP contribution in [0.25, 0.3) is 0 Å². The van der Waals surface area contributed by atoms with Crippen LogP contribution < -0.4 is 0 Å². The highest BCUT2D eigenvalue weighted by Gasteiger charge is 2.06. The fourth-order valence-electron chi connectivity index (χ4n) is 1.02. The van der Waals surface area contributed by atoms with E-state index in [1.165, 1.54) is 11.8 Å². The highest BCUT2D eigenvalue weighted by Crippen LogP contribution is 2.08. The third-order valence-electron chi connectivity index (χ3n) is 1.68. The average Bonchev–Trinajstić information content (AvgIpc) is 2.10. The largest absolute Gasteiger partial charge is 0.394 e. The monoisotopic (exact) mass is 220 g/mol. The highest BCUT2D eigenvalue weighted by atomic mass is 32.2. The number of ketones is 1. The number of aliphatic hydroxyl groups excluding tert-OH is 2. The smallest absolute Gasteiger partial charge is 0.133 e. The van der Waals surface area contributed by atoms with Crippen LogP contribution in [-0.4, -0.2) is 40.2 Å². The number of carbonyl (C=O) groups excluding carboxylic acids is 1. The van der Waals surface area contributed by atoms with E-state index in [2.05, 4.69) is 0 Å². The van der Waals surface area contributed by atoms with E-state index in [0.29, 0.717) is 24.5 Å². The van der Waals surface area contributed by atoms with Gasteiger partial charge >= 0.3 is 0 Å². The molecule has 0 aliphatic rings. The van der Waals surface area contributed by atoms with E-state index in [4.69, 9.17) is 10.2 Å². The molecule has 3 nitrogen and oxygen atoms in total. The van der Waals surface area contributed by atoms with Gasteiger partial charge in [0.05, 0.1) is 12.7 Å². The van der Waals surface area contributed by atoms with Crippen molar-refractivity contribution >= 4 is 17.5 Å². The highest BCUT2D eigenvalue weighted by molar-refractivity contribution is 7.99. The van der Waals surface area contributed by atoms with Crippen LogP contribution in [0.15, 0.2) is 0 Å². The number of aliphatic hydroxyl groups is 2. The Morgan fingerprint density at radius 2 is 2.07 bits per heavy atom. The Labute approximate surface area is 89.9 Å². The van der Waals surface area contributed by atoms with Crippen molar-refractivity contribution < 1.29 is 15.0 Å². The van der Waals surface area contributed by atoms with Gasteiger partial charge in [0.1, 0.15) is 5.78 Å². The number of carbonyl (C=O) groups is 1. The summed E-state index contributed by atoms with van der Waals surface area (Å²) in [6.45, 7) is 3.86. The zero-order valence-electron chi connectivity index (χ0n) is 8.90. The molecule has 2 N–H and O–H groups in total. The predicted molar refractivity (Wildman–Crippen MR) is 59.5 cm³/mol. The lowest BCUT2D eigenvalue weighted by Crippen LogP contribution is -2.15. The summed E-state index contributed by atoms with van der Waals surface area (Å²) in [5, 5.41) is 17.5. The van der Waals surface area contributed by atoms with Crippen molar-refractivity contribution in [1.82, 2.24) is 0 Å². The van der Waals surface area contributed by atoms with Gasteiger partial charge < -0.3 is 10.2 Å². The van der Waals surface area contributed by atoms with Gasteiger partial charge in [0.2, 0.25) is 0 Å². The summed E-state index contributed by atoms with van der Waals surface area (Å²) in [7, 11) is 0. The van der Waals surface area contributed by atoms with E-state index in [1.807, 2.05) is 13.8 Å². The first-order valence-electron chi connectivity index (χ1n) is 4.94. The molecule has 14 heavy (non-hydrogen) atoms. The molecule has 0 amide bonds. The second-order valence-electron chi connectivity index (χ2n) is 3.80. The van der Waals surface area contributed by atoms with Gasteiger partial charge in [-0.25, -0.2) is 0 Å². The van der Waals surface area contributed by atoms with Crippen molar-refractivity contribution in [2.24, 2.45) is 5.92 Å². The molecule has 84 valence electrons. The van der Waals surface area contributed by atoms with E-state index in [0.717, 1.165) is 5.75 Å². The fourth-order valence-corrected chi connectivity index (χ4v) is 1.93. The Balaban J connectivity index is 3.31. The number of hydrogen-bond donors (Lipinski definition) is 2. The molecule has 0 saturated carbocycles. The second kappa shape index (κ2) is 8.26. The van der Waals surface area contributed by atoms with Crippen molar-refractivity contribution in [3.8, 4) is 0 Å².